The molecule has 0 bridgehead atoms. The molecule has 1 unspecified atom stereocenters. The fraction of sp³-hybridized carbons (Fsp3) is 0.600. The second-order valence-electron chi connectivity index (χ2n) is 5.37. The third-order valence-electron chi connectivity index (χ3n) is 3.06. The van der Waals surface area contributed by atoms with Gasteiger partial charge in [0.15, 0.2) is 0 Å². The summed E-state index contributed by atoms with van der Waals surface area (Å²) < 4.78 is 5.53. The van der Waals surface area contributed by atoms with E-state index < -0.39 is 0 Å². The monoisotopic (exact) mass is 297 g/mol. The lowest BCUT2D eigenvalue weighted by Crippen LogP contribution is -2.29. The molecule has 21 heavy (non-hydrogen) atoms. The van der Waals surface area contributed by atoms with Gasteiger partial charge in [-0.25, -0.2) is 0 Å². The molecular weight excluding hydrogens is 270 g/mol. The molecule has 0 amide bonds. The molecule has 0 aliphatic rings. The van der Waals surface area contributed by atoms with Crippen molar-refractivity contribution in [1.29, 1.82) is 0 Å². The Morgan fingerprint density at radius 3 is 2.71 bits per heavy atom. The lowest BCUT2D eigenvalue weighted by Gasteiger charge is -2.20. The van der Waals surface area contributed by atoms with E-state index in [1.54, 1.807) is 12.1 Å². The summed E-state index contributed by atoms with van der Waals surface area (Å²) in [7, 11) is 3.96. The van der Waals surface area contributed by atoms with Crippen molar-refractivity contribution >= 4 is 11.4 Å². The first-order valence-corrected chi connectivity index (χ1v) is 7.19. The van der Waals surface area contributed by atoms with Crippen LogP contribution in [-0.4, -0.2) is 62.1 Å². The molecule has 0 heterocycles. The van der Waals surface area contributed by atoms with Gasteiger partial charge in [0.1, 0.15) is 5.75 Å². The molecule has 0 radical (unpaired) electrons. The van der Waals surface area contributed by atoms with Crippen LogP contribution in [0.1, 0.15) is 6.42 Å². The second-order valence-corrected chi connectivity index (χ2v) is 5.37. The molecule has 6 nitrogen and oxygen atoms in total. The standard InChI is InChI=1S/C15H27N3O3/c1-18(2)10-12(11-20)9-17-15-8-13(4-5-14(15)16)21-7-3-6-19/h4-5,8,12,17,19-20H,3,6-7,9-11,16H2,1-2H3. The highest BCUT2D eigenvalue weighted by Gasteiger charge is 2.10. The van der Waals surface area contributed by atoms with E-state index in [1.807, 2.05) is 25.1 Å². The molecule has 0 saturated carbocycles. The Morgan fingerprint density at radius 1 is 1.33 bits per heavy atom. The number of nitrogens with zero attached hydrogens (tertiary/aromatic N) is 1. The van der Waals surface area contributed by atoms with Gasteiger partial charge >= 0.3 is 0 Å². The lowest BCUT2D eigenvalue weighted by molar-refractivity contribution is 0.200. The largest absolute Gasteiger partial charge is 0.493 e. The summed E-state index contributed by atoms with van der Waals surface area (Å²) in [6.45, 7) is 2.15. The maximum Gasteiger partial charge on any atom is 0.121 e. The Bertz CT molecular complexity index is 413. The van der Waals surface area contributed by atoms with Gasteiger partial charge in [0, 0.05) is 44.7 Å². The van der Waals surface area contributed by atoms with Gasteiger partial charge in [0.25, 0.3) is 0 Å². The quantitative estimate of drug-likeness (QED) is 0.374. The van der Waals surface area contributed by atoms with E-state index in [-0.39, 0.29) is 19.1 Å². The lowest BCUT2D eigenvalue weighted by atomic mass is 10.1. The molecular formula is C15H27N3O3. The molecule has 0 aliphatic carbocycles. The van der Waals surface area contributed by atoms with Crippen LogP contribution < -0.4 is 15.8 Å². The third kappa shape index (κ3) is 6.66. The number of nitrogens with two attached hydrogens (primary N) is 1. The Morgan fingerprint density at radius 2 is 2.10 bits per heavy atom. The number of hydrogen-bond acceptors (Lipinski definition) is 6. The number of aliphatic hydroxyl groups is 2. The average molecular weight is 297 g/mol. The zero-order valence-electron chi connectivity index (χ0n) is 12.9. The average Bonchev–Trinajstić information content (AvgIpc) is 2.46. The predicted molar refractivity (Wildman–Crippen MR) is 85.7 cm³/mol. The van der Waals surface area contributed by atoms with Gasteiger partial charge < -0.3 is 30.9 Å². The molecule has 5 N–H and O–H groups in total. The molecule has 0 fully saturated rings. The highest BCUT2D eigenvalue weighted by atomic mass is 16.5. The second kappa shape index (κ2) is 9.44. The Hall–Kier alpha value is -1.50. The molecule has 0 aromatic heterocycles. The molecule has 0 spiro atoms. The van der Waals surface area contributed by atoms with Gasteiger partial charge in [0.2, 0.25) is 0 Å². The summed E-state index contributed by atoms with van der Waals surface area (Å²) in [6, 6.07) is 5.44. The van der Waals surface area contributed by atoms with Crippen LogP contribution in [0.3, 0.4) is 0 Å². The first-order valence-electron chi connectivity index (χ1n) is 7.19. The number of ether oxygens (including phenoxy) is 1. The highest BCUT2D eigenvalue weighted by Crippen LogP contribution is 2.25. The summed E-state index contributed by atoms with van der Waals surface area (Å²) in [6.07, 6.45) is 0.600. The van der Waals surface area contributed by atoms with E-state index >= 15 is 0 Å². The van der Waals surface area contributed by atoms with E-state index in [0.29, 0.717) is 31.0 Å². The third-order valence-corrected chi connectivity index (χ3v) is 3.06. The summed E-state index contributed by atoms with van der Waals surface area (Å²) in [5.41, 5.74) is 7.39. The first-order chi connectivity index (χ1) is 10.1. The van der Waals surface area contributed by atoms with Crippen LogP contribution in [-0.2, 0) is 0 Å². The van der Waals surface area contributed by atoms with E-state index in [1.165, 1.54) is 0 Å². The fourth-order valence-electron chi connectivity index (χ4n) is 1.99. The van der Waals surface area contributed by atoms with Crippen molar-refractivity contribution in [2.45, 2.75) is 6.42 Å². The van der Waals surface area contributed by atoms with Crippen molar-refractivity contribution < 1.29 is 14.9 Å². The fourth-order valence-corrected chi connectivity index (χ4v) is 1.99. The van der Waals surface area contributed by atoms with Gasteiger partial charge in [-0.2, -0.15) is 0 Å². The van der Waals surface area contributed by atoms with Crippen LogP contribution >= 0.6 is 0 Å². The summed E-state index contributed by atoms with van der Waals surface area (Å²) >= 11 is 0. The minimum Gasteiger partial charge on any atom is -0.493 e. The summed E-state index contributed by atoms with van der Waals surface area (Å²) in [5.74, 6) is 0.853. The van der Waals surface area contributed by atoms with Gasteiger partial charge in [-0.15, -0.1) is 0 Å². The van der Waals surface area contributed by atoms with Crippen molar-refractivity contribution in [2.24, 2.45) is 5.92 Å². The van der Waals surface area contributed by atoms with Crippen LogP contribution in [0.25, 0.3) is 0 Å². The van der Waals surface area contributed by atoms with Gasteiger partial charge in [-0.3, -0.25) is 0 Å². The SMILES string of the molecule is CN(C)CC(CO)CNc1cc(OCCCO)ccc1N. The minimum atomic E-state index is 0.114. The van der Waals surface area contributed by atoms with Crippen LogP contribution in [0.5, 0.6) is 5.75 Å². The number of rotatable bonds is 10. The molecule has 6 heteroatoms. The number of benzene rings is 1. The van der Waals surface area contributed by atoms with Crippen molar-refractivity contribution in [3.05, 3.63) is 18.2 Å². The zero-order chi connectivity index (χ0) is 15.7. The summed E-state index contributed by atoms with van der Waals surface area (Å²) in [4.78, 5) is 2.04. The Balaban J connectivity index is 2.58. The van der Waals surface area contributed by atoms with E-state index in [4.69, 9.17) is 15.6 Å². The van der Waals surface area contributed by atoms with Gasteiger partial charge in [-0.05, 0) is 26.2 Å². The van der Waals surface area contributed by atoms with Crippen LogP contribution in [0, 0.1) is 5.92 Å². The molecule has 1 atom stereocenters. The first kappa shape index (κ1) is 17.6. The number of anilines is 2. The molecule has 0 aliphatic heterocycles. The number of nitrogen functional groups attached to an aromatic ring is 1. The summed E-state index contributed by atoms with van der Waals surface area (Å²) in [5, 5.41) is 21.4. The normalized spacial score (nSPS) is 12.4. The molecule has 120 valence electrons. The maximum absolute atomic E-state index is 9.37. The molecule has 1 rings (SSSR count). The van der Waals surface area contributed by atoms with E-state index in [9.17, 15) is 5.11 Å². The Kier molecular flexibility index (Phi) is 7.89. The number of aliphatic hydroxyl groups excluding tert-OH is 2. The predicted octanol–water partition coefficient (Wildman–Crippen LogP) is 0.612. The van der Waals surface area contributed by atoms with Crippen LogP contribution in [0.15, 0.2) is 18.2 Å². The van der Waals surface area contributed by atoms with Gasteiger partial charge in [0.05, 0.1) is 18.0 Å². The van der Waals surface area contributed by atoms with Crippen LogP contribution in [0.2, 0.25) is 0 Å². The van der Waals surface area contributed by atoms with Gasteiger partial charge in [-0.1, -0.05) is 0 Å². The number of hydrogen-bond donors (Lipinski definition) is 4. The number of nitrogens with one attached hydrogen (secondary N) is 1. The molecule has 1 aromatic carbocycles. The Labute approximate surface area is 126 Å². The molecule has 0 saturated heterocycles. The van der Waals surface area contributed by atoms with E-state index in [2.05, 4.69) is 5.32 Å². The maximum atomic E-state index is 9.37. The molecule has 1 aromatic rings. The van der Waals surface area contributed by atoms with E-state index in [0.717, 1.165) is 12.2 Å². The van der Waals surface area contributed by atoms with Crippen molar-refractivity contribution in [2.75, 3.05) is 58.1 Å². The zero-order valence-corrected chi connectivity index (χ0v) is 12.9. The minimum absolute atomic E-state index is 0.114. The smallest absolute Gasteiger partial charge is 0.121 e. The van der Waals surface area contributed by atoms with Crippen molar-refractivity contribution in [3.63, 3.8) is 0 Å². The van der Waals surface area contributed by atoms with Crippen molar-refractivity contribution in [1.82, 2.24) is 4.90 Å². The van der Waals surface area contributed by atoms with Crippen molar-refractivity contribution in [3.8, 4) is 5.75 Å². The van der Waals surface area contributed by atoms with Crippen LogP contribution in [0.4, 0.5) is 11.4 Å². The topological polar surface area (TPSA) is 91.0 Å². The highest BCUT2D eigenvalue weighted by molar-refractivity contribution is 5.68.